The van der Waals surface area contributed by atoms with Gasteiger partial charge in [-0.3, -0.25) is 4.79 Å². The highest BCUT2D eigenvalue weighted by Gasteiger charge is 2.36. The summed E-state index contributed by atoms with van der Waals surface area (Å²) in [5.74, 6) is -1.89. The molecule has 3 heterocycles. The highest BCUT2D eigenvalue weighted by Crippen LogP contribution is 2.32. The highest BCUT2D eigenvalue weighted by molar-refractivity contribution is 5.97. The molecule has 0 aliphatic carbocycles. The molecule has 2 aromatic heterocycles. The first-order chi connectivity index (χ1) is 20.4. The number of hydrogen-bond donors (Lipinski definition) is 2. The number of amides is 1. The number of hydrogen-bond acceptors (Lipinski definition) is 8. The summed E-state index contributed by atoms with van der Waals surface area (Å²) in [5, 5.41) is 21.8. The minimum absolute atomic E-state index is 0.0749. The number of halogens is 3. The lowest BCUT2D eigenvalue weighted by molar-refractivity contribution is -0.142. The number of carboxylic acid groups (broad SMARTS) is 1. The number of rotatable bonds is 7. The lowest BCUT2D eigenvalue weighted by Gasteiger charge is -2.34. The zero-order valence-electron chi connectivity index (χ0n) is 23.2. The number of aromatic nitrogens is 3. The fourth-order valence-corrected chi connectivity index (χ4v) is 5.14. The molecule has 0 saturated carbocycles. The Morgan fingerprint density at radius 1 is 1.12 bits per heavy atom. The first-order valence-corrected chi connectivity index (χ1v) is 13.6. The van der Waals surface area contributed by atoms with E-state index in [2.05, 4.69) is 26.3 Å². The molecule has 5 rings (SSSR count). The average molecular weight is 593 g/mol. The molecule has 13 heteroatoms. The number of anilines is 1. The monoisotopic (exact) mass is 592 g/mol. The Hall–Kier alpha value is -4.99. The van der Waals surface area contributed by atoms with E-state index in [0.29, 0.717) is 41.0 Å². The molecule has 222 valence electrons. The van der Waals surface area contributed by atoms with Crippen LogP contribution >= 0.6 is 0 Å². The average Bonchev–Trinajstić information content (AvgIpc) is 3.43. The molecule has 0 radical (unpaired) electrons. The zero-order chi connectivity index (χ0) is 30.9. The van der Waals surface area contributed by atoms with Crippen molar-refractivity contribution in [1.29, 1.82) is 5.26 Å². The number of piperidine rings is 1. The molecule has 1 saturated heterocycles. The third-order valence-electron chi connectivity index (χ3n) is 7.44. The van der Waals surface area contributed by atoms with Gasteiger partial charge in [-0.1, -0.05) is 13.8 Å². The van der Waals surface area contributed by atoms with Crippen LogP contribution in [-0.2, 0) is 11.0 Å². The number of nitriles is 1. The van der Waals surface area contributed by atoms with Gasteiger partial charge in [0.25, 0.3) is 5.91 Å². The van der Waals surface area contributed by atoms with Crippen LogP contribution in [0.4, 0.5) is 19.1 Å². The van der Waals surface area contributed by atoms with E-state index in [4.69, 9.17) is 4.42 Å². The number of carboxylic acids is 1. The van der Waals surface area contributed by atoms with Crippen LogP contribution in [0.5, 0.6) is 0 Å². The smallest absolute Gasteiger partial charge is 0.433 e. The van der Waals surface area contributed by atoms with E-state index in [0.717, 1.165) is 17.8 Å². The molecule has 1 aliphatic rings. The van der Waals surface area contributed by atoms with Gasteiger partial charge in [0, 0.05) is 36.0 Å². The van der Waals surface area contributed by atoms with Gasteiger partial charge in [0.05, 0.1) is 11.6 Å². The van der Waals surface area contributed by atoms with Crippen molar-refractivity contribution >= 4 is 28.9 Å². The summed E-state index contributed by atoms with van der Waals surface area (Å²) in [6.45, 7) is 4.45. The summed E-state index contributed by atoms with van der Waals surface area (Å²) in [4.78, 5) is 38.7. The first-order valence-electron chi connectivity index (χ1n) is 13.6. The standard InChI is InChI=1S/C30H27F3N6O4/c1-16(2)21-13-17(15-34)14-22-25(21)43-27(36-22)20-5-3-19(4-6-20)26(40)38-24(28(41)42)18-8-11-39(12-9-18)29-35-10-7-23(37-29)30(31,32)33/h3-7,10,13-14,16,18,24H,8-9,11-12H2,1-2H3,(H,38,40)(H,41,42). The fraction of sp³-hybridized carbons (Fsp3) is 0.333. The molecule has 0 spiro atoms. The molecule has 1 amide bonds. The van der Waals surface area contributed by atoms with E-state index >= 15 is 0 Å². The highest BCUT2D eigenvalue weighted by atomic mass is 19.4. The van der Waals surface area contributed by atoms with E-state index in [1.807, 2.05) is 13.8 Å². The second-order valence-corrected chi connectivity index (χ2v) is 10.6. The van der Waals surface area contributed by atoms with Crippen LogP contribution in [0.2, 0.25) is 0 Å². The van der Waals surface area contributed by atoms with Gasteiger partial charge >= 0.3 is 12.1 Å². The second kappa shape index (κ2) is 11.7. The molecule has 1 aliphatic heterocycles. The fourth-order valence-electron chi connectivity index (χ4n) is 5.14. The van der Waals surface area contributed by atoms with Crippen LogP contribution in [0, 0.1) is 17.2 Å². The summed E-state index contributed by atoms with van der Waals surface area (Å²) in [7, 11) is 0. The Balaban J connectivity index is 1.26. The molecule has 0 bridgehead atoms. The number of nitrogens with one attached hydrogen (secondary N) is 1. The number of alkyl halides is 3. The molecule has 1 fully saturated rings. The van der Waals surface area contributed by atoms with E-state index in [-0.39, 0.29) is 30.5 Å². The summed E-state index contributed by atoms with van der Waals surface area (Å²) in [5.41, 5.74) is 2.25. The van der Waals surface area contributed by atoms with E-state index < -0.39 is 35.7 Å². The summed E-state index contributed by atoms with van der Waals surface area (Å²) in [6, 6.07) is 11.5. The molecule has 43 heavy (non-hydrogen) atoms. The number of aliphatic carboxylic acids is 1. The van der Waals surface area contributed by atoms with Gasteiger partial charge in [-0.25, -0.2) is 19.7 Å². The Bertz CT molecular complexity index is 1700. The van der Waals surface area contributed by atoms with Crippen LogP contribution in [0.15, 0.2) is 53.1 Å². The zero-order valence-corrected chi connectivity index (χ0v) is 23.2. The molecule has 2 N–H and O–H groups in total. The number of benzene rings is 2. The van der Waals surface area contributed by atoms with Crippen molar-refractivity contribution in [3.05, 3.63) is 71.0 Å². The maximum atomic E-state index is 13.0. The van der Waals surface area contributed by atoms with Gasteiger partial charge in [0.15, 0.2) is 5.58 Å². The van der Waals surface area contributed by atoms with Crippen LogP contribution < -0.4 is 10.2 Å². The predicted octanol–water partition coefficient (Wildman–Crippen LogP) is 5.40. The van der Waals surface area contributed by atoms with Crippen LogP contribution in [0.3, 0.4) is 0 Å². The van der Waals surface area contributed by atoms with Gasteiger partial charge < -0.3 is 19.7 Å². The maximum Gasteiger partial charge on any atom is 0.433 e. The van der Waals surface area contributed by atoms with Crippen molar-refractivity contribution in [2.75, 3.05) is 18.0 Å². The molecule has 4 aromatic rings. The topological polar surface area (TPSA) is 145 Å². The Morgan fingerprint density at radius 3 is 2.42 bits per heavy atom. The maximum absolute atomic E-state index is 13.0. The Morgan fingerprint density at radius 2 is 1.81 bits per heavy atom. The first kappa shape index (κ1) is 29.5. The number of nitrogens with zero attached hydrogens (tertiary/aromatic N) is 5. The van der Waals surface area contributed by atoms with Crippen LogP contribution in [0.1, 0.15) is 59.8 Å². The molecular weight excluding hydrogens is 565 g/mol. The Kier molecular flexibility index (Phi) is 8.04. The van der Waals surface area contributed by atoms with Crippen molar-refractivity contribution in [1.82, 2.24) is 20.3 Å². The van der Waals surface area contributed by atoms with Crippen molar-refractivity contribution in [2.45, 2.75) is 44.8 Å². The summed E-state index contributed by atoms with van der Waals surface area (Å²) >= 11 is 0. The van der Waals surface area contributed by atoms with Crippen LogP contribution in [0.25, 0.3) is 22.6 Å². The third-order valence-corrected chi connectivity index (χ3v) is 7.44. The van der Waals surface area contributed by atoms with Crippen molar-refractivity contribution < 1.29 is 32.3 Å². The lowest BCUT2D eigenvalue weighted by atomic mass is 9.89. The summed E-state index contributed by atoms with van der Waals surface area (Å²) in [6.07, 6.45) is -2.95. The van der Waals surface area contributed by atoms with Crippen molar-refractivity contribution in [3.8, 4) is 17.5 Å². The summed E-state index contributed by atoms with van der Waals surface area (Å²) < 4.78 is 45.1. The van der Waals surface area contributed by atoms with E-state index in [9.17, 15) is 33.1 Å². The van der Waals surface area contributed by atoms with E-state index in [1.54, 1.807) is 29.2 Å². The van der Waals surface area contributed by atoms with E-state index in [1.165, 1.54) is 12.1 Å². The second-order valence-electron chi connectivity index (χ2n) is 10.6. The van der Waals surface area contributed by atoms with Gasteiger partial charge in [-0.2, -0.15) is 18.4 Å². The molecule has 10 nitrogen and oxygen atoms in total. The third kappa shape index (κ3) is 6.28. The molecule has 1 atom stereocenters. The molecule has 2 aromatic carbocycles. The van der Waals surface area contributed by atoms with Gasteiger partial charge in [0.1, 0.15) is 17.3 Å². The van der Waals surface area contributed by atoms with Gasteiger partial charge in [0.2, 0.25) is 11.8 Å². The SMILES string of the molecule is CC(C)c1cc(C#N)cc2nc(-c3ccc(C(=O)NC(C(=O)O)C4CCN(c5nccc(C(F)(F)F)n5)CC4)cc3)oc12. The number of carbonyl (C=O) groups excluding carboxylic acids is 1. The minimum Gasteiger partial charge on any atom is -0.480 e. The largest absolute Gasteiger partial charge is 0.480 e. The molecule has 1 unspecified atom stereocenters. The Labute approximate surface area is 244 Å². The van der Waals surface area contributed by atoms with Gasteiger partial charge in [-0.05, 0) is 67.1 Å². The number of fused-ring (bicyclic) bond motifs is 1. The molecular formula is C30H27F3N6O4. The predicted molar refractivity (Wildman–Crippen MR) is 149 cm³/mol. The minimum atomic E-state index is -4.60. The number of oxazole rings is 1. The van der Waals surface area contributed by atoms with Crippen LogP contribution in [-0.4, -0.2) is 51.1 Å². The van der Waals surface area contributed by atoms with Gasteiger partial charge in [-0.15, -0.1) is 0 Å². The van der Waals surface area contributed by atoms with Crippen molar-refractivity contribution in [2.24, 2.45) is 5.92 Å². The lowest BCUT2D eigenvalue weighted by Crippen LogP contribution is -2.49. The number of carbonyl (C=O) groups is 2. The quantitative estimate of drug-likeness (QED) is 0.288. The van der Waals surface area contributed by atoms with Crippen molar-refractivity contribution in [3.63, 3.8) is 0 Å². The normalized spacial score (nSPS) is 15.0.